The number of allylic oxidation sites excluding steroid dienone is 1. The van der Waals surface area contributed by atoms with Crippen LogP contribution in [0.1, 0.15) is 24.0 Å². The summed E-state index contributed by atoms with van der Waals surface area (Å²) in [6.07, 6.45) is 4.82. The van der Waals surface area contributed by atoms with Crippen molar-refractivity contribution < 1.29 is 5.11 Å². The molecule has 85 valence electrons. The molecule has 0 bridgehead atoms. The highest BCUT2D eigenvalue weighted by molar-refractivity contribution is 9.09. The van der Waals surface area contributed by atoms with Crippen LogP contribution < -0.4 is 5.11 Å². The van der Waals surface area contributed by atoms with E-state index in [1.807, 2.05) is 24.3 Å². The maximum Gasteiger partial charge on any atom is 0.00865 e. The van der Waals surface area contributed by atoms with Crippen LogP contribution in [0.3, 0.4) is 0 Å². The van der Waals surface area contributed by atoms with Crippen LogP contribution in [0.25, 0.3) is 0 Å². The molecule has 2 rings (SSSR count). The molecule has 1 nitrogen and oxygen atoms in total. The molecular weight excluding hydrogens is 264 g/mol. The van der Waals surface area contributed by atoms with Crippen LogP contribution in [0.5, 0.6) is 0 Å². The first kappa shape index (κ1) is 11.9. The van der Waals surface area contributed by atoms with Gasteiger partial charge in [-0.2, -0.15) is 0 Å². The van der Waals surface area contributed by atoms with Crippen LogP contribution in [-0.2, 0) is 6.42 Å². The van der Waals surface area contributed by atoms with Crippen molar-refractivity contribution in [3.05, 3.63) is 54.2 Å². The smallest absolute Gasteiger partial charge is 0.00865 e. The van der Waals surface area contributed by atoms with Crippen molar-refractivity contribution in [1.82, 2.24) is 0 Å². The maximum absolute atomic E-state index is 12.4. The number of benzene rings is 1. The van der Waals surface area contributed by atoms with E-state index < -0.39 is 0 Å². The van der Waals surface area contributed by atoms with E-state index in [0.717, 1.165) is 30.2 Å². The van der Waals surface area contributed by atoms with Crippen molar-refractivity contribution in [2.75, 3.05) is 5.33 Å². The zero-order chi connectivity index (χ0) is 11.6. The average Bonchev–Trinajstić information content (AvgIpc) is 2.61. The number of fused-ring (bicyclic) bond motifs is 1. The molecule has 2 heteroatoms. The van der Waals surface area contributed by atoms with Gasteiger partial charge in [-0.3, -0.25) is 0 Å². The van der Waals surface area contributed by atoms with E-state index in [9.17, 15) is 5.11 Å². The number of alkyl halides is 1. The average molecular weight is 279 g/mol. The standard InChI is InChI=1S/C14H15BrO/c1-2-3-8-14(10-15)9-11-6-4-5-7-12(11)13(14)16/h2,4-7H,1,3,8-10H2/q-1. The van der Waals surface area contributed by atoms with Crippen molar-refractivity contribution >= 4 is 15.9 Å². The molecule has 0 saturated carbocycles. The lowest BCUT2D eigenvalue weighted by Gasteiger charge is -2.38. The quantitative estimate of drug-likeness (QED) is 0.614. The Morgan fingerprint density at radius 3 is 2.81 bits per heavy atom. The van der Waals surface area contributed by atoms with Crippen LogP contribution in [0.15, 0.2) is 36.9 Å². The van der Waals surface area contributed by atoms with Gasteiger partial charge in [0.25, 0.3) is 0 Å². The highest BCUT2D eigenvalue weighted by atomic mass is 79.9. The SMILES string of the molecule is C=CCCC1(CBr)Cc2ccccc2[C]1[O-]. The summed E-state index contributed by atoms with van der Waals surface area (Å²) in [4.78, 5) is 0. The van der Waals surface area contributed by atoms with Gasteiger partial charge in [-0.1, -0.05) is 57.9 Å². The van der Waals surface area contributed by atoms with Crippen LogP contribution >= 0.6 is 15.9 Å². The second-order valence-electron chi connectivity index (χ2n) is 4.40. The molecule has 0 N–H and O–H groups in total. The molecular formula is C14H15BrO-. The van der Waals surface area contributed by atoms with Crippen molar-refractivity contribution in [3.63, 3.8) is 0 Å². The first-order chi connectivity index (χ1) is 7.73. The van der Waals surface area contributed by atoms with Gasteiger partial charge in [-0.25, -0.2) is 0 Å². The zero-order valence-electron chi connectivity index (χ0n) is 9.21. The number of hydrogen-bond donors (Lipinski definition) is 0. The van der Waals surface area contributed by atoms with E-state index in [4.69, 9.17) is 0 Å². The molecule has 1 aromatic rings. The fourth-order valence-electron chi connectivity index (χ4n) is 2.38. The molecule has 0 fully saturated rings. The molecule has 0 saturated heterocycles. The second kappa shape index (κ2) is 4.72. The normalized spacial score (nSPS) is 24.4. The Labute approximate surface area is 105 Å². The molecule has 0 heterocycles. The van der Waals surface area contributed by atoms with Crippen molar-refractivity contribution in [2.45, 2.75) is 19.3 Å². The van der Waals surface area contributed by atoms with E-state index in [2.05, 4.69) is 28.6 Å². The number of hydrogen-bond acceptors (Lipinski definition) is 1. The van der Waals surface area contributed by atoms with Crippen LogP contribution in [0.4, 0.5) is 0 Å². The molecule has 1 aliphatic rings. The Kier molecular flexibility index (Phi) is 3.50. The molecule has 16 heavy (non-hydrogen) atoms. The van der Waals surface area contributed by atoms with Crippen LogP contribution in [-0.4, -0.2) is 5.33 Å². The maximum atomic E-state index is 12.4. The third kappa shape index (κ3) is 1.85. The fraction of sp³-hybridized carbons (Fsp3) is 0.357. The lowest BCUT2D eigenvalue weighted by molar-refractivity contribution is -0.363. The topological polar surface area (TPSA) is 23.1 Å². The lowest BCUT2D eigenvalue weighted by Crippen LogP contribution is -2.36. The predicted molar refractivity (Wildman–Crippen MR) is 68.1 cm³/mol. The van der Waals surface area contributed by atoms with Gasteiger partial charge in [0.05, 0.1) is 0 Å². The molecule has 0 spiro atoms. The van der Waals surface area contributed by atoms with Crippen LogP contribution in [0.2, 0.25) is 0 Å². The molecule has 0 aliphatic heterocycles. The summed E-state index contributed by atoms with van der Waals surface area (Å²) in [7, 11) is 0. The van der Waals surface area contributed by atoms with E-state index in [0.29, 0.717) is 6.10 Å². The highest BCUT2D eigenvalue weighted by Gasteiger charge is 2.38. The Morgan fingerprint density at radius 2 is 2.19 bits per heavy atom. The van der Waals surface area contributed by atoms with E-state index in [1.54, 1.807) is 0 Å². The molecule has 1 unspecified atom stereocenters. The Hall–Kier alpha value is -0.600. The Bertz CT molecular complexity index is 388. The second-order valence-corrected chi connectivity index (χ2v) is 4.97. The third-order valence-electron chi connectivity index (χ3n) is 3.36. The van der Waals surface area contributed by atoms with Gasteiger partial charge in [-0.05, 0) is 30.2 Å². The van der Waals surface area contributed by atoms with Crippen molar-refractivity contribution in [3.8, 4) is 0 Å². The van der Waals surface area contributed by atoms with Gasteiger partial charge >= 0.3 is 0 Å². The summed E-state index contributed by atoms with van der Waals surface area (Å²) in [5.74, 6) is 0. The summed E-state index contributed by atoms with van der Waals surface area (Å²) in [5.41, 5.74) is 1.86. The Balaban J connectivity index is 2.29. The fourth-order valence-corrected chi connectivity index (χ4v) is 3.11. The summed E-state index contributed by atoms with van der Waals surface area (Å²) >= 11 is 3.51. The minimum absolute atomic E-state index is 0.238. The molecule has 1 aliphatic carbocycles. The van der Waals surface area contributed by atoms with Crippen molar-refractivity contribution in [2.24, 2.45) is 5.41 Å². The number of rotatable bonds is 4. The van der Waals surface area contributed by atoms with E-state index >= 15 is 0 Å². The minimum atomic E-state index is -0.238. The first-order valence-corrected chi connectivity index (χ1v) is 6.65. The minimum Gasteiger partial charge on any atom is -0.846 e. The Morgan fingerprint density at radius 1 is 1.44 bits per heavy atom. The van der Waals surface area contributed by atoms with Crippen molar-refractivity contribution in [1.29, 1.82) is 0 Å². The molecule has 1 aromatic carbocycles. The van der Waals surface area contributed by atoms with Crippen LogP contribution in [0, 0.1) is 11.5 Å². The van der Waals surface area contributed by atoms with Gasteiger partial charge in [0.2, 0.25) is 0 Å². The predicted octanol–water partition coefficient (Wildman–Crippen LogP) is 2.83. The van der Waals surface area contributed by atoms with Gasteiger partial charge < -0.3 is 5.11 Å². The molecule has 0 amide bonds. The van der Waals surface area contributed by atoms with Gasteiger partial charge in [0.1, 0.15) is 0 Å². The largest absolute Gasteiger partial charge is 0.846 e. The van der Waals surface area contributed by atoms with Gasteiger partial charge in [-0.15, -0.1) is 6.58 Å². The summed E-state index contributed by atoms with van der Waals surface area (Å²) in [6, 6.07) is 7.94. The zero-order valence-corrected chi connectivity index (χ0v) is 10.8. The van der Waals surface area contributed by atoms with E-state index in [1.165, 1.54) is 5.56 Å². The van der Waals surface area contributed by atoms with Gasteiger partial charge in [0.15, 0.2) is 0 Å². The summed E-state index contributed by atoms with van der Waals surface area (Å²) < 4.78 is 0. The molecule has 0 aromatic heterocycles. The lowest BCUT2D eigenvalue weighted by atomic mass is 9.80. The highest BCUT2D eigenvalue weighted by Crippen LogP contribution is 2.47. The molecule has 1 radical (unpaired) electrons. The monoisotopic (exact) mass is 278 g/mol. The third-order valence-corrected chi connectivity index (χ3v) is 4.43. The number of halogens is 1. The first-order valence-electron chi connectivity index (χ1n) is 5.53. The molecule has 1 atom stereocenters. The van der Waals surface area contributed by atoms with Gasteiger partial charge in [0, 0.05) is 5.33 Å². The van der Waals surface area contributed by atoms with E-state index in [-0.39, 0.29) is 5.41 Å². The summed E-state index contributed by atoms with van der Waals surface area (Å²) in [6.45, 7) is 3.73. The summed E-state index contributed by atoms with van der Waals surface area (Å²) in [5, 5.41) is 13.1.